The van der Waals surface area contributed by atoms with Gasteiger partial charge in [-0.3, -0.25) is 0 Å². The first kappa shape index (κ1) is 9.47. The van der Waals surface area contributed by atoms with Gasteiger partial charge in [-0.15, -0.1) is 0 Å². The topological polar surface area (TPSA) is 46.2 Å². The van der Waals surface area contributed by atoms with Crippen LogP contribution in [0, 0.1) is 17.8 Å². The SMILES string of the molecule is NC1C(CCO)CC2CCCC1C2. The third-order valence-corrected chi connectivity index (χ3v) is 4.05. The molecule has 0 saturated heterocycles. The van der Waals surface area contributed by atoms with Crippen LogP contribution in [0.1, 0.15) is 38.5 Å². The van der Waals surface area contributed by atoms with Gasteiger partial charge in [0.15, 0.2) is 0 Å². The van der Waals surface area contributed by atoms with Gasteiger partial charge in [-0.05, 0) is 43.4 Å². The molecule has 0 aromatic carbocycles. The summed E-state index contributed by atoms with van der Waals surface area (Å²) in [4.78, 5) is 0. The van der Waals surface area contributed by atoms with Crippen molar-refractivity contribution in [2.24, 2.45) is 23.5 Å². The van der Waals surface area contributed by atoms with E-state index in [4.69, 9.17) is 10.8 Å². The van der Waals surface area contributed by atoms with Crippen LogP contribution in [0.2, 0.25) is 0 Å². The molecule has 3 N–H and O–H groups in total. The summed E-state index contributed by atoms with van der Waals surface area (Å²) in [5.41, 5.74) is 6.20. The summed E-state index contributed by atoms with van der Waals surface area (Å²) in [5.74, 6) is 2.30. The highest BCUT2D eigenvalue weighted by molar-refractivity contribution is 4.91. The van der Waals surface area contributed by atoms with Crippen LogP contribution in [0.3, 0.4) is 0 Å². The average molecular weight is 183 g/mol. The lowest BCUT2D eigenvalue weighted by Crippen LogP contribution is -2.45. The van der Waals surface area contributed by atoms with Crippen molar-refractivity contribution < 1.29 is 5.11 Å². The minimum Gasteiger partial charge on any atom is -0.396 e. The van der Waals surface area contributed by atoms with Gasteiger partial charge in [0.1, 0.15) is 0 Å². The van der Waals surface area contributed by atoms with Crippen molar-refractivity contribution in [2.45, 2.75) is 44.6 Å². The van der Waals surface area contributed by atoms with Crippen LogP contribution in [0.15, 0.2) is 0 Å². The van der Waals surface area contributed by atoms with E-state index in [1.807, 2.05) is 0 Å². The van der Waals surface area contributed by atoms with Crippen molar-refractivity contribution in [1.82, 2.24) is 0 Å². The van der Waals surface area contributed by atoms with Gasteiger partial charge in [-0.25, -0.2) is 0 Å². The Morgan fingerprint density at radius 1 is 1.23 bits per heavy atom. The smallest absolute Gasteiger partial charge is 0.0434 e. The summed E-state index contributed by atoms with van der Waals surface area (Å²) < 4.78 is 0. The van der Waals surface area contributed by atoms with Gasteiger partial charge < -0.3 is 10.8 Å². The molecule has 4 atom stereocenters. The number of aliphatic hydroxyl groups is 1. The van der Waals surface area contributed by atoms with Gasteiger partial charge in [0.25, 0.3) is 0 Å². The molecule has 2 nitrogen and oxygen atoms in total. The zero-order chi connectivity index (χ0) is 9.26. The summed E-state index contributed by atoms with van der Waals surface area (Å²) >= 11 is 0. The number of nitrogens with two attached hydrogens (primary N) is 1. The molecule has 13 heavy (non-hydrogen) atoms. The van der Waals surface area contributed by atoms with E-state index in [1.54, 1.807) is 0 Å². The second-order valence-electron chi connectivity index (χ2n) is 4.88. The summed E-state index contributed by atoms with van der Waals surface area (Å²) in [5, 5.41) is 8.94. The van der Waals surface area contributed by atoms with Gasteiger partial charge >= 0.3 is 0 Å². The predicted molar refractivity (Wildman–Crippen MR) is 53.2 cm³/mol. The Morgan fingerprint density at radius 2 is 2.08 bits per heavy atom. The molecule has 0 radical (unpaired) electrons. The molecule has 4 unspecified atom stereocenters. The lowest BCUT2D eigenvalue weighted by Gasteiger charge is -2.43. The van der Waals surface area contributed by atoms with E-state index in [2.05, 4.69) is 0 Å². The molecule has 76 valence electrons. The van der Waals surface area contributed by atoms with Gasteiger partial charge in [0.2, 0.25) is 0 Å². The molecule has 0 aromatic rings. The molecule has 0 aromatic heterocycles. The van der Waals surface area contributed by atoms with Crippen LogP contribution in [-0.2, 0) is 0 Å². The van der Waals surface area contributed by atoms with Crippen LogP contribution in [0.4, 0.5) is 0 Å². The highest BCUT2D eigenvalue weighted by Gasteiger charge is 2.37. The average Bonchev–Trinajstić information content (AvgIpc) is 2.15. The van der Waals surface area contributed by atoms with Gasteiger partial charge in [0.05, 0.1) is 0 Å². The first-order chi connectivity index (χ1) is 6.31. The summed E-state index contributed by atoms with van der Waals surface area (Å²) in [7, 11) is 0. The maximum absolute atomic E-state index is 8.94. The maximum atomic E-state index is 8.94. The fourth-order valence-electron chi connectivity index (χ4n) is 3.34. The molecule has 2 aliphatic rings. The highest BCUT2D eigenvalue weighted by atomic mass is 16.3. The Bertz CT molecular complexity index is 171. The zero-order valence-corrected chi connectivity index (χ0v) is 8.28. The van der Waals surface area contributed by atoms with E-state index in [-0.39, 0.29) is 0 Å². The first-order valence-electron chi connectivity index (χ1n) is 5.67. The van der Waals surface area contributed by atoms with Gasteiger partial charge in [0, 0.05) is 12.6 Å². The van der Waals surface area contributed by atoms with E-state index in [9.17, 15) is 0 Å². The van der Waals surface area contributed by atoms with Crippen LogP contribution < -0.4 is 5.73 Å². The molecular weight excluding hydrogens is 162 g/mol. The number of rotatable bonds is 2. The second-order valence-corrected chi connectivity index (χ2v) is 4.88. The maximum Gasteiger partial charge on any atom is 0.0434 e. The molecule has 2 aliphatic carbocycles. The van der Waals surface area contributed by atoms with Crippen molar-refractivity contribution in [1.29, 1.82) is 0 Å². The van der Waals surface area contributed by atoms with Crippen LogP contribution in [0.25, 0.3) is 0 Å². The van der Waals surface area contributed by atoms with Crippen molar-refractivity contribution in [3.05, 3.63) is 0 Å². The lowest BCUT2D eigenvalue weighted by molar-refractivity contribution is 0.0921. The molecule has 0 aliphatic heterocycles. The van der Waals surface area contributed by atoms with Crippen molar-refractivity contribution in [3.8, 4) is 0 Å². The highest BCUT2D eigenvalue weighted by Crippen LogP contribution is 2.42. The molecule has 2 rings (SSSR count). The molecule has 2 heteroatoms. The Morgan fingerprint density at radius 3 is 2.85 bits per heavy atom. The van der Waals surface area contributed by atoms with E-state index in [1.165, 1.54) is 32.1 Å². The molecule has 2 fully saturated rings. The van der Waals surface area contributed by atoms with E-state index < -0.39 is 0 Å². The Kier molecular flexibility index (Phi) is 2.89. The van der Waals surface area contributed by atoms with Crippen LogP contribution in [0.5, 0.6) is 0 Å². The van der Waals surface area contributed by atoms with Gasteiger partial charge in [-0.1, -0.05) is 12.8 Å². The minimum absolute atomic E-state index is 0.317. The van der Waals surface area contributed by atoms with Crippen molar-refractivity contribution in [3.63, 3.8) is 0 Å². The van der Waals surface area contributed by atoms with Crippen LogP contribution >= 0.6 is 0 Å². The molecular formula is C11H21NO. The minimum atomic E-state index is 0.317. The molecule has 0 spiro atoms. The number of hydrogen-bond acceptors (Lipinski definition) is 2. The van der Waals surface area contributed by atoms with Crippen LogP contribution in [-0.4, -0.2) is 17.8 Å². The predicted octanol–water partition coefficient (Wildman–Crippen LogP) is 1.52. The second kappa shape index (κ2) is 3.97. The Labute approximate surface area is 80.5 Å². The van der Waals surface area contributed by atoms with Gasteiger partial charge in [-0.2, -0.15) is 0 Å². The van der Waals surface area contributed by atoms with Crippen molar-refractivity contribution in [2.75, 3.05) is 6.61 Å². The first-order valence-corrected chi connectivity index (χ1v) is 5.67. The summed E-state index contributed by atoms with van der Waals surface area (Å²) in [6.07, 6.45) is 7.69. The summed E-state index contributed by atoms with van der Waals surface area (Å²) in [6, 6.07) is 0.378. The van der Waals surface area contributed by atoms with E-state index in [0.29, 0.717) is 18.6 Å². The molecule has 0 heterocycles. The normalized spacial score (nSPS) is 44.8. The largest absolute Gasteiger partial charge is 0.396 e. The third kappa shape index (κ3) is 1.89. The van der Waals surface area contributed by atoms with E-state index >= 15 is 0 Å². The van der Waals surface area contributed by atoms with E-state index in [0.717, 1.165) is 18.3 Å². The fourth-order valence-corrected chi connectivity index (χ4v) is 3.34. The quantitative estimate of drug-likeness (QED) is 0.682. The Hall–Kier alpha value is -0.0800. The summed E-state index contributed by atoms with van der Waals surface area (Å²) in [6.45, 7) is 0.317. The lowest BCUT2D eigenvalue weighted by atomic mass is 9.65. The number of aliphatic hydroxyl groups excluding tert-OH is 1. The third-order valence-electron chi connectivity index (χ3n) is 4.05. The molecule has 0 amide bonds. The van der Waals surface area contributed by atoms with Crippen molar-refractivity contribution >= 4 is 0 Å². The monoisotopic (exact) mass is 183 g/mol. The standard InChI is InChI=1S/C11H21NO/c12-11-9-3-1-2-8(6-9)7-10(11)4-5-13/h8-11,13H,1-7,12H2. The number of hydrogen-bond donors (Lipinski definition) is 2. The Balaban J connectivity index is 1.98. The fraction of sp³-hybridized carbons (Fsp3) is 1.00. The number of fused-ring (bicyclic) bond motifs is 2. The molecule has 2 bridgehead atoms. The molecule has 2 saturated carbocycles. The zero-order valence-electron chi connectivity index (χ0n) is 8.28.